The van der Waals surface area contributed by atoms with Crippen LogP contribution in [-0.2, 0) is 5.41 Å². The van der Waals surface area contributed by atoms with Crippen molar-refractivity contribution in [3.05, 3.63) is 47.5 Å². The lowest BCUT2D eigenvalue weighted by atomic mass is 9.97. The molecule has 5 nitrogen and oxygen atoms in total. The van der Waals surface area contributed by atoms with Gasteiger partial charge in [0.25, 0.3) is 5.88 Å². The van der Waals surface area contributed by atoms with E-state index in [0.29, 0.717) is 5.89 Å². The zero-order valence-electron chi connectivity index (χ0n) is 11.7. The van der Waals surface area contributed by atoms with E-state index in [2.05, 4.69) is 15.5 Å². The number of hydrazone groups is 1. The molecule has 0 spiro atoms. The summed E-state index contributed by atoms with van der Waals surface area (Å²) in [5, 5.41) is 13.1. The summed E-state index contributed by atoms with van der Waals surface area (Å²) in [7, 11) is 0. The molecule has 0 aliphatic heterocycles. The first kappa shape index (κ1) is 13.8. The Morgan fingerprint density at radius 2 is 2.00 bits per heavy atom. The summed E-state index contributed by atoms with van der Waals surface area (Å²) in [4.78, 5) is 4.16. The van der Waals surface area contributed by atoms with Gasteiger partial charge in [-0.2, -0.15) is 15.3 Å². The molecule has 1 aromatic carbocycles. The Hall–Kier alpha value is -2.61. The number of benzene rings is 1. The molecule has 0 amide bonds. The zero-order valence-corrected chi connectivity index (χ0v) is 11.7. The van der Waals surface area contributed by atoms with Crippen LogP contribution in [0, 0.1) is 11.3 Å². The molecule has 0 saturated heterocycles. The van der Waals surface area contributed by atoms with Crippen LogP contribution in [-0.4, -0.2) is 11.2 Å². The molecule has 1 aromatic heterocycles. The van der Waals surface area contributed by atoms with Gasteiger partial charge in [-0.15, -0.1) is 0 Å². The number of oxazole rings is 1. The van der Waals surface area contributed by atoms with Crippen molar-refractivity contribution >= 4 is 12.1 Å². The van der Waals surface area contributed by atoms with Gasteiger partial charge < -0.3 is 4.42 Å². The molecule has 0 aliphatic rings. The quantitative estimate of drug-likeness (QED) is 0.684. The van der Waals surface area contributed by atoms with E-state index in [1.54, 1.807) is 6.21 Å². The van der Waals surface area contributed by atoms with E-state index in [9.17, 15) is 0 Å². The number of rotatable bonds is 3. The molecule has 2 rings (SSSR count). The minimum absolute atomic E-state index is 0.208. The van der Waals surface area contributed by atoms with Crippen molar-refractivity contribution in [2.24, 2.45) is 5.10 Å². The molecule has 1 N–H and O–H groups in total. The molecule has 0 unspecified atom stereocenters. The third-order valence-corrected chi connectivity index (χ3v) is 2.55. The molecule has 102 valence electrons. The molecule has 1 heterocycles. The van der Waals surface area contributed by atoms with Gasteiger partial charge in [0.05, 0.1) is 6.21 Å². The van der Waals surface area contributed by atoms with Gasteiger partial charge in [-0.25, -0.2) is 5.43 Å². The predicted octanol–water partition coefficient (Wildman–Crippen LogP) is 3.29. The number of hydrogen-bond acceptors (Lipinski definition) is 5. The summed E-state index contributed by atoms with van der Waals surface area (Å²) in [6, 6.07) is 11.6. The van der Waals surface area contributed by atoms with E-state index in [1.807, 2.05) is 57.2 Å². The molecular weight excluding hydrogens is 252 g/mol. The highest BCUT2D eigenvalue weighted by Gasteiger charge is 2.23. The second-order valence-corrected chi connectivity index (χ2v) is 5.34. The first-order valence-corrected chi connectivity index (χ1v) is 6.26. The van der Waals surface area contributed by atoms with Crippen molar-refractivity contribution in [2.75, 3.05) is 5.43 Å². The SMILES string of the molecule is CC(C)(C)c1nc(C#N)c(NN=Cc2ccccc2)o1. The Labute approximate surface area is 118 Å². The molecular formula is C15H16N4O. The fourth-order valence-electron chi connectivity index (χ4n) is 1.50. The molecule has 0 aliphatic carbocycles. The summed E-state index contributed by atoms with van der Waals surface area (Å²) in [6.07, 6.45) is 1.65. The third kappa shape index (κ3) is 3.23. The number of nitrogens with zero attached hydrogens (tertiary/aromatic N) is 3. The topological polar surface area (TPSA) is 74.2 Å². The van der Waals surface area contributed by atoms with Crippen LogP contribution in [0.15, 0.2) is 39.9 Å². The molecule has 0 atom stereocenters. The van der Waals surface area contributed by atoms with Crippen LogP contribution in [0.1, 0.15) is 37.9 Å². The van der Waals surface area contributed by atoms with Gasteiger partial charge in [-0.3, -0.25) is 0 Å². The Morgan fingerprint density at radius 3 is 2.60 bits per heavy atom. The molecule has 0 saturated carbocycles. The summed E-state index contributed by atoms with van der Waals surface area (Å²) in [5.41, 5.74) is 3.63. The summed E-state index contributed by atoms with van der Waals surface area (Å²) < 4.78 is 5.55. The summed E-state index contributed by atoms with van der Waals surface area (Å²) in [5.74, 6) is 0.774. The van der Waals surface area contributed by atoms with E-state index < -0.39 is 0 Å². The number of nitrogens with one attached hydrogen (secondary N) is 1. The van der Waals surface area contributed by atoms with Crippen molar-refractivity contribution in [3.8, 4) is 6.07 Å². The highest BCUT2D eigenvalue weighted by Crippen LogP contribution is 2.26. The fourth-order valence-corrected chi connectivity index (χ4v) is 1.50. The first-order valence-electron chi connectivity index (χ1n) is 6.26. The van der Waals surface area contributed by atoms with E-state index in [0.717, 1.165) is 5.56 Å². The van der Waals surface area contributed by atoms with Crippen LogP contribution < -0.4 is 5.43 Å². The van der Waals surface area contributed by atoms with Gasteiger partial charge in [0, 0.05) is 5.41 Å². The van der Waals surface area contributed by atoms with Crippen LogP contribution in [0.4, 0.5) is 5.88 Å². The normalized spacial score (nSPS) is 11.5. The molecule has 5 heteroatoms. The zero-order chi connectivity index (χ0) is 14.6. The molecule has 0 fully saturated rings. The van der Waals surface area contributed by atoms with Crippen LogP contribution >= 0.6 is 0 Å². The lowest BCUT2D eigenvalue weighted by molar-refractivity contribution is 0.399. The molecule has 0 bridgehead atoms. The van der Waals surface area contributed by atoms with Crippen molar-refractivity contribution in [3.63, 3.8) is 0 Å². The van der Waals surface area contributed by atoms with Gasteiger partial charge in [0.15, 0.2) is 0 Å². The minimum Gasteiger partial charge on any atom is -0.421 e. The van der Waals surface area contributed by atoms with E-state index >= 15 is 0 Å². The Bertz CT molecular complexity index is 645. The van der Waals surface area contributed by atoms with Crippen LogP contribution in [0.3, 0.4) is 0 Å². The van der Waals surface area contributed by atoms with E-state index in [-0.39, 0.29) is 17.0 Å². The third-order valence-electron chi connectivity index (χ3n) is 2.55. The second kappa shape index (κ2) is 5.57. The molecule has 0 radical (unpaired) electrons. The number of aromatic nitrogens is 1. The number of anilines is 1. The first-order chi connectivity index (χ1) is 9.50. The standard InChI is InChI=1S/C15H16N4O/c1-15(2,3)14-18-12(9-16)13(20-14)19-17-10-11-7-5-4-6-8-11/h4-8,10,19H,1-3H3. The maximum atomic E-state index is 9.05. The fraction of sp³-hybridized carbons (Fsp3) is 0.267. The van der Waals surface area contributed by atoms with Crippen LogP contribution in [0.5, 0.6) is 0 Å². The number of nitriles is 1. The molecule has 20 heavy (non-hydrogen) atoms. The van der Waals surface area contributed by atoms with Gasteiger partial charge in [-0.1, -0.05) is 51.1 Å². The maximum absolute atomic E-state index is 9.05. The van der Waals surface area contributed by atoms with Crippen molar-refractivity contribution < 1.29 is 4.42 Å². The van der Waals surface area contributed by atoms with E-state index in [1.165, 1.54) is 0 Å². The monoisotopic (exact) mass is 268 g/mol. The Kier molecular flexibility index (Phi) is 3.85. The summed E-state index contributed by atoms with van der Waals surface area (Å²) in [6.45, 7) is 5.91. The average molecular weight is 268 g/mol. The van der Waals surface area contributed by atoms with Crippen molar-refractivity contribution in [2.45, 2.75) is 26.2 Å². The van der Waals surface area contributed by atoms with Crippen molar-refractivity contribution in [1.82, 2.24) is 4.98 Å². The highest BCUT2D eigenvalue weighted by molar-refractivity contribution is 5.79. The lowest BCUT2D eigenvalue weighted by Crippen LogP contribution is -2.11. The lowest BCUT2D eigenvalue weighted by Gasteiger charge is -2.11. The van der Waals surface area contributed by atoms with E-state index in [4.69, 9.17) is 9.68 Å². The van der Waals surface area contributed by atoms with Gasteiger partial charge in [0.2, 0.25) is 11.6 Å². The van der Waals surface area contributed by atoms with Crippen LogP contribution in [0.2, 0.25) is 0 Å². The maximum Gasteiger partial charge on any atom is 0.252 e. The van der Waals surface area contributed by atoms with Gasteiger partial charge in [0.1, 0.15) is 6.07 Å². The molecule has 2 aromatic rings. The number of hydrogen-bond donors (Lipinski definition) is 1. The smallest absolute Gasteiger partial charge is 0.252 e. The largest absolute Gasteiger partial charge is 0.421 e. The average Bonchev–Trinajstić information content (AvgIpc) is 2.83. The van der Waals surface area contributed by atoms with Crippen LogP contribution in [0.25, 0.3) is 0 Å². The Morgan fingerprint density at radius 1 is 1.30 bits per heavy atom. The highest BCUT2D eigenvalue weighted by atomic mass is 16.4. The Balaban J connectivity index is 2.16. The minimum atomic E-state index is -0.255. The van der Waals surface area contributed by atoms with Gasteiger partial charge >= 0.3 is 0 Å². The second-order valence-electron chi connectivity index (χ2n) is 5.34. The predicted molar refractivity (Wildman–Crippen MR) is 77.6 cm³/mol. The summed E-state index contributed by atoms with van der Waals surface area (Å²) >= 11 is 0. The van der Waals surface area contributed by atoms with Crippen molar-refractivity contribution in [1.29, 1.82) is 5.26 Å². The van der Waals surface area contributed by atoms with Gasteiger partial charge in [-0.05, 0) is 5.56 Å².